The van der Waals surface area contributed by atoms with Crippen LogP contribution in [0.5, 0.6) is 0 Å². The van der Waals surface area contributed by atoms with Crippen LogP contribution in [0.15, 0.2) is 41.2 Å². The molecule has 6 rings (SSSR count). The summed E-state index contributed by atoms with van der Waals surface area (Å²) in [7, 11) is 3.37. The molecule has 2 amide bonds. The topological polar surface area (TPSA) is 103 Å². The average Bonchev–Trinajstić information content (AvgIpc) is 3.73. The summed E-state index contributed by atoms with van der Waals surface area (Å²) in [5.41, 5.74) is 1.82. The minimum Gasteiger partial charge on any atom is -0.480 e. The van der Waals surface area contributed by atoms with Gasteiger partial charge in [0.2, 0.25) is 17.6 Å². The highest BCUT2D eigenvalue weighted by atomic mass is 35.5. The van der Waals surface area contributed by atoms with Crippen LogP contribution >= 0.6 is 11.6 Å². The third-order valence-electron chi connectivity index (χ3n) is 7.73. The Hall–Kier alpha value is -3.41. The number of hydrogen-bond donors (Lipinski definition) is 2. The number of alkyl halides is 2. The van der Waals surface area contributed by atoms with Crippen molar-refractivity contribution in [2.24, 2.45) is 11.8 Å². The van der Waals surface area contributed by atoms with Crippen molar-refractivity contribution in [2.45, 2.75) is 31.2 Å². The van der Waals surface area contributed by atoms with E-state index in [9.17, 15) is 18.4 Å². The second-order valence-corrected chi connectivity index (χ2v) is 10.8. The summed E-state index contributed by atoms with van der Waals surface area (Å²) in [6.07, 6.45) is 6.92. The van der Waals surface area contributed by atoms with Crippen molar-refractivity contribution < 1.29 is 23.1 Å². The summed E-state index contributed by atoms with van der Waals surface area (Å²) in [5, 5.41) is 6.59. The van der Waals surface area contributed by atoms with Gasteiger partial charge < -0.3 is 30.1 Å². The number of nitrogens with one attached hydrogen (secondary N) is 2. The molecule has 1 aromatic rings. The van der Waals surface area contributed by atoms with E-state index in [0.29, 0.717) is 47.7 Å². The molecule has 4 heterocycles. The summed E-state index contributed by atoms with van der Waals surface area (Å²) in [6.45, 7) is 0.494. The van der Waals surface area contributed by atoms with Crippen LogP contribution in [0.1, 0.15) is 19.3 Å². The molecule has 1 unspecified atom stereocenters. The Morgan fingerprint density at radius 1 is 1.21 bits per heavy atom. The van der Waals surface area contributed by atoms with Crippen LogP contribution in [-0.4, -0.2) is 83.9 Å². The largest absolute Gasteiger partial charge is 0.480 e. The summed E-state index contributed by atoms with van der Waals surface area (Å²) in [4.78, 5) is 39.0. The van der Waals surface area contributed by atoms with Gasteiger partial charge in [-0.2, -0.15) is 4.98 Å². The second kappa shape index (κ2) is 9.11. The molecule has 2 aliphatic carbocycles. The first-order chi connectivity index (χ1) is 18.1. The van der Waals surface area contributed by atoms with E-state index in [2.05, 4.69) is 20.6 Å². The number of rotatable bonds is 4. The van der Waals surface area contributed by atoms with Crippen molar-refractivity contribution in [3.63, 3.8) is 0 Å². The maximum Gasteiger partial charge on any atom is 0.301 e. The fraction of sp³-hybridized carbons (Fsp3) is 0.520. The van der Waals surface area contributed by atoms with E-state index in [4.69, 9.17) is 16.3 Å². The SMILES string of the molecule is CN1CCN(c2ncc(Cl)c(NC3=CC=C4C(C3)C3=C(OCC(F)(F)[C@H](C5CC5)N3)C(=O)N4C)n2)CC1=O. The lowest BCUT2D eigenvalue weighted by Crippen LogP contribution is -2.49. The first-order valence-electron chi connectivity index (χ1n) is 12.6. The Morgan fingerprint density at radius 2 is 2.00 bits per heavy atom. The standard InChI is InChI=1S/C25H28ClF2N7O3/c1-33-7-8-35(11-18(33)36)24-29-10-16(26)22(32-24)30-14-5-6-17-15(9-14)19-20(23(37)34(17)2)38-12-25(27,28)21(31-19)13-3-4-13/h5-6,10,13,15,21,31H,3-4,7-9,11-12H2,1-2H3,(H,29,30,32)/t15?,21-/m0/s1. The number of hydrogen-bond acceptors (Lipinski definition) is 8. The van der Waals surface area contributed by atoms with Crippen molar-refractivity contribution in [3.05, 3.63) is 46.2 Å². The molecule has 10 nitrogen and oxygen atoms in total. The van der Waals surface area contributed by atoms with Gasteiger partial charge in [0, 0.05) is 50.9 Å². The van der Waals surface area contributed by atoms with E-state index >= 15 is 0 Å². The van der Waals surface area contributed by atoms with Gasteiger partial charge in [0.15, 0.2) is 12.4 Å². The van der Waals surface area contributed by atoms with Gasteiger partial charge in [0.05, 0.1) is 24.5 Å². The minimum atomic E-state index is -3.09. The van der Waals surface area contributed by atoms with Gasteiger partial charge in [-0.15, -0.1) is 0 Å². The zero-order valence-corrected chi connectivity index (χ0v) is 21.8. The average molecular weight is 548 g/mol. The lowest BCUT2D eigenvalue weighted by atomic mass is 9.86. The fourth-order valence-electron chi connectivity index (χ4n) is 5.33. The lowest BCUT2D eigenvalue weighted by molar-refractivity contribution is -0.132. The number of piperazine rings is 1. The molecule has 0 spiro atoms. The number of fused-ring (bicyclic) bond motifs is 2. The molecule has 1 saturated heterocycles. The third-order valence-corrected chi connectivity index (χ3v) is 8.01. The van der Waals surface area contributed by atoms with Crippen LogP contribution in [0, 0.1) is 11.8 Å². The van der Waals surface area contributed by atoms with E-state index < -0.39 is 30.4 Å². The van der Waals surface area contributed by atoms with Gasteiger partial charge in [-0.3, -0.25) is 9.59 Å². The molecule has 0 radical (unpaired) electrons. The summed E-state index contributed by atoms with van der Waals surface area (Å²) >= 11 is 6.41. The lowest BCUT2D eigenvalue weighted by Gasteiger charge is -2.38. The third kappa shape index (κ3) is 4.34. The van der Waals surface area contributed by atoms with Gasteiger partial charge in [-0.1, -0.05) is 11.6 Å². The molecule has 5 aliphatic rings. The first kappa shape index (κ1) is 24.9. The monoisotopic (exact) mass is 547 g/mol. The highest BCUT2D eigenvalue weighted by molar-refractivity contribution is 6.32. The second-order valence-electron chi connectivity index (χ2n) is 10.4. The van der Waals surface area contributed by atoms with Crippen LogP contribution in [0.2, 0.25) is 5.02 Å². The van der Waals surface area contributed by atoms with E-state index in [-0.39, 0.29) is 24.1 Å². The van der Waals surface area contributed by atoms with Crippen LogP contribution in [0.4, 0.5) is 20.5 Å². The predicted molar refractivity (Wildman–Crippen MR) is 135 cm³/mol. The van der Waals surface area contributed by atoms with Gasteiger partial charge in [-0.05, 0) is 30.9 Å². The predicted octanol–water partition coefficient (Wildman–Crippen LogP) is 2.33. The number of nitrogens with zero attached hydrogens (tertiary/aromatic N) is 5. The number of anilines is 2. The number of likely N-dealkylation sites (N-methyl/N-ethyl adjacent to an activating group) is 2. The maximum atomic E-state index is 14.9. The number of amides is 2. The molecule has 13 heteroatoms. The summed E-state index contributed by atoms with van der Waals surface area (Å²) in [5.74, 6) is -3.42. The van der Waals surface area contributed by atoms with Gasteiger partial charge in [0.1, 0.15) is 5.02 Å². The zero-order chi connectivity index (χ0) is 26.8. The molecule has 1 saturated carbocycles. The molecule has 3 aliphatic heterocycles. The first-order valence-corrected chi connectivity index (χ1v) is 13.0. The number of allylic oxidation sites excluding steroid dienone is 3. The molecular weight excluding hydrogens is 520 g/mol. The highest BCUT2D eigenvalue weighted by Gasteiger charge is 2.53. The van der Waals surface area contributed by atoms with Crippen LogP contribution in [0.3, 0.4) is 0 Å². The van der Waals surface area contributed by atoms with Crippen molar-refractivity contribution in [1.29, 1.82) is 0 Å². The van der Waals surface area contributed by atoms with E-state index in [1.807, 2.05) is 6.08 Å². The minimum absolute atomic E-state index is 0.0230. The molecule has 0 aromatic carbocycles. The Morgan fingerprint density at radius 3 is 2.74 bits per heavy atom. The van der Waals surface area contributed by atoms with Crippen molar-refractivity contribution >= 4 is 35.2 Å². The highest BCUT2D eigenvalue weighted by Crippen LogP contribution is 2.46. The van der Waals surface area contributed by atoms with E-state index in [1.165, 1.54) is 11.1 Å². The van der Waals surface area contributed by atoms with Crippen molar-refractivity contribution in [2.75, 3.05) is 50.6 Å². The fourth-order valence-corrected chi connectivity index (χ4v) is 5.47. The van der Waals surface area contributed by atoms with Crippen LogP contribution in [-0.2, 0) is 14.3 Å². The Kier molecular flexibility index (Phi) is 5.97. The Balaban J connectivity index is 1.27. The number of halogens is 3. The summed E-state index contributed by atoms with van der Waals surface area (Å²) < 4.78 is 35.3. The molecule has 1 aromatic heterocycles. The normalized spacial score (nSPS) is 27.0. The molecule has 0 bridgehead atoms. The van der Waals surface area contributed by atoms with Crippen LogP contribution < -0.4 is 15.5 Å². The Labute approximate surface area is 223 Å². The quantitative estimate of drug-likeness (QED) is 0.592. The molecule has 202 valence electrons. The number of carbonyl (C=O) groups excluding carboxylic acids is 2. The molecule has 38 heavy (non-hydrogen) atoms. The van der Waals surface area contributed by atoms with Gasteiger partial charge in [-0.25, -0.2) is 13.8 Å². The van der Waals surface area contributed by atoms with E-state index in [1.54, 1.807) is 30.0 Å². The molecular formula is C25H28ClF2N7O3. The van der Waals surface area contributed by atoms with Crippen molar-refractivity contribution in [3.8, 4) is 0 Å². The Bertz CT molecular complexity index is 1300. The molecule has 2 fully saturated rings. The number of ether oxygens (including phenoxy) is 1. The van der Waals surface area contributed by atoms with Crippen LogP contribution in [0.25, 0.3) is 0 Å². The van der Waals surface area contributed by atoms with Crippen molar-refractivity contribution in [1.82, 2.24) is 25.1 Å². The summed E-state index contributed by atoms with van der Waals surface area (Å²) in [6, 6.07) is -1.08. The molecule has 2 N–H and O–H groups in total. The smallest absolute Gasteiger partial charge is 0.301 e. The number of carbonyl (C=O) groups is 2. The number of aromatic nitrogens is 2. The van der Waals surface area contributed by atoms with E-state index in [0.717, 1.165) is 18.5 Å². The maximum absolute atomic E-state index is 14.9. The zero-order valence-electron chi connectivity index (χ0n) is 21.0. The van der Waals surface area contributed by atoms with Gasteiger partial charge >= 0.3 is 5.92 Å². The van der Waals surface area contributed by atoms with Gasteiger partial charge in [0.25, 0.3) is 5.91 Å². The molecule has 2 atom stereocenters.